The van der Waals surface area contributed by atoms with Gasteiger partial charge in [0.25, 0.3) is 5.91 Å². The minimum atomic E-state index is -1.02. The fourth-order valence-electron chi connectivity index (χ4n) is 3.73. The van der Waals surface area contributed by atoms with E-state index in [1.807, 2.05) is 0 Å². The van der Waals surface area contributed by atoms with Crippen LogP contribution in [0.1, 0.15) is 36.5 Å². The topological polar surface area (TPSA) is 70.1 Å². The smallest absolute Gasteiger partial charge is 0.328 e. The van der Waals surface area contributed by atoms with Crippen LogP contribution in [-0.4, -0.2) is 64.8 Å². The molecule has 1 aromatic carbocycles. The molecule has 0 radical (unpaired) electrons. The first-order valence-corrected chi connectivity index (χ1v) is 9.44. The lowest BCUT2D eigenvalue weighted by Gasteiger charge is -2.44. The van der Waals surface area contributed by atoms with Crippen molar-refractivity contribution in [2.24, 2.45) is 0 Å². The maximum Gasteiger partial charge on any atom is 0.328 e. The van der Waals surface area contributed by atoms with Crippen LogP contribution < -0.4 is 0 Å². The third-order valence-electron chi connectivity index (χ3n) is 5.03. The fraction of sp³-hybridized carbons (Fsp3) is 0.556. The molecule has 2 fully saturated rings. The molecule has 2 heterocycles. The van der Waals surface area contributed by atoms with Crippen LogP contribution in [0.2, 0.25) is 0 Å². The van der Waals surface area contributed by atoms with Gasteiger partial charge in [-0.1, -0.05) is 22.9 Å². The second kappa shape index (κ2) is 7.43. The summed E-state index contributed by atoms with van der Waals surface area (Å²) in [5.74, 6) is -1.29. The van der Waals surface area contributed by atoms with E-state index in [1.54, 1.807) is 24.3 Å². The van der Waals surface area contributed by atoms with Gasteiger partial charge in [0.15, 0.2) is 6.04 Å². The number of rotatable bonds is 4. The molecule has 1 unspecified atom stereocenters. The van der Waals surface area contributed by atoms with E-state index in [1.165, 1.54) is 4.90 Å². The van der Waals surface area contributed by atoms with E-state index in [0.717, 1.165) is 30.5 Å². The van der Waals surface area contributed by atoms with Crippen LogP contribution in [0, 0.1) is 0 Å². The molecule has 0 bridgehead atoms. The van der Waals surface area contributed by atoms with Crippen LogP contribution in [0.4, 0.5) is 0 Å². The Bertz CT molecular complexity index is 641. The number of hydrogen-bond donors (Lipinski definition) is 1. The first-order chi connectivity index (χ1) is 12.0. The number of carboxylic acid groups (broad SMARTS) is 1. The molecule has 0 aromatic heterocycles. The van der Waals surface area contributed by atoms with Gasteiger partial charge in [-0.15, -0.1) is 0 Å². The summed E-state index contributed by atoms with van der Waals surface area (Å²) in [6.45, 7) is 4.82. The Balaban J connectivity index is 1.87. The van der Waals surface area contributed by atoms with Gasteiger partial charge in [-0.05, 0) is 37.2 Å². The summed E-state index contributed by atoms with van der Waals surface area (Å²) in [5.41, 5.74) is -0.326. The summed E-state index contributed by atoms with van der Waals surface area (Å²) in [5, 5.41) is 9.58. The number of carboxylic acids is 1. The molecule has 7 heteroatoms. The highest BCUT2D eigenvalue weighted by Crippen LogP contribution is 2.38. The molecule has 25 heavy (non-hydrogen) atoms. The zero-order chi connectivity index (χ0) is 18.0. The summed E-state index contributed by atoms with van der Waals surface area (Å²) in [6, 6.07) is 6.06. The van der Waals surface area contributed by atoms with E-state index in [-0.39, 0.29) is 12.5 Å². The zero-order valence-corrected chi connectivity index (χ0v) is 15.9. The molecule has 1 N–H and O–H groups in total. The number of carbonyl (C=O) groups is 2. The Labute approximate surface area is 155 Å². The van der Waals surface area contributed by atoms with E-state index in [0.29, 0.717) is 18.4 Å². The Morgan fingerprint density at radius 3 is 2.48 bits per heavy atom. The average molecular weight is 411 g/mol. The predicted octanol–water partition coefficient (Wildman–Crippen LogP) is 2.58. The molecule has 0 saturated carbocycles. The lowest BCUT2D eigenvalue weighted by Crippen LogP contribution is -2.58. The minimum Gasteiger partial charge on any atom is -0.480 e. The largest absolute Gasteiger partial charge is 0.480 e. The summed E-state index contributed by atoms with van der Waals surface area (Å²) in [6.07, 6.45) is 2.35. The van der Waals surface area contributed by atoms with Crippen molar-refractivity contribution in [1.29, 1.82) is 0 Å². The lowest BCUT2D eigenvalue weighted by molar-refractivity contribution is -0.143. The third-order valence-corrected chi connectivity index (χ3v) is 5.56. The van der Waals surface area contributed by atoms with Crippen molar-refractivity contribution in [3.63, 3.8) is 0 Å². The molecule has 1 spiro atoms. The number of piperidine rings is 1. The van der Waals surface area contributed by atoms with Crippen LogP contribution in [0.5, 0.6) is 0 Å². The average Bonchev–Trinajstić information content (AvgIpc) is 2.96. The normalized spacial score (nSPS) is 23.1. The van der Waals surface area contributed by atoms with E-state index in [9.17, 15) is 14.7 Å². The lowest BCUT2D eigenvalue weighted by atomic mass is 9.96. The molecule has 2 aliphatic heterocycles. The van der Waals surface area contributed by atoms with Crippen LogP contribution in [0.3, 0.4) is 0 Å². The number of likely N-dealkylation sites (tertiary alicyclic amines) is 1. The number of benzene rings is 1. The van der Waals surface area contributed by atoms with Crippen molar-refractivity contribution < 1.29 is 19.4 Å². The number of amides is 1. The van der Waals surface area contributed by atoms with Gasteiger partial charge in [0.2, 0.25) is 0 Å². The standard InChI is InChI=1S/C18H23BrN2O4/c1-2-9-20-10-7-18(8-11-20)21(15(12-25-18)17(23)24)16(22)13-3-5-14(19)6-4-13/h3-6,15H,2,7-12H2,1H3,(H,23,24). The molecule has 2 aliphatic rings. The molecule has 3 rings (SSSR count). The third kappa shape index (κ3) is 3.59. The second-order valence-corrected chi connectivity index (χ2v) is 7.55. The molecule has 1 aromatic rings. The van der Waals surface area contributed by atoms with Crippen molar-refractivity contribution >= 4 is 27.8 Å². The van der Waals surface area contributed by atoms with Crippen LogP contribution in [0.25, 0.3) is 0 Å². The zero-order valence-electron chi connectivity index (χ0n) is 14.3. The maximum atomic E-state index is 13.1. The Kier molecular flexibility index (Phi) is 5.46. The second-order valence-electron chi connectivity index (χ2n) is 6.63. The first-order valence-electron chi connectivity index (χ1n) is 8.65. The van der Waals surface area contributed by atoms with Crippen LogP contribution in [-0.2, 0) is 9.53 Å². The highest BCUT2D eigenvalue weighted by Gasteiger charge is 2.53. The number of hydrogen-bond acceptors (Lipinski definition) is 4. The van der Waals surface area contributed by atoms with E-state index in [4.69, 9.17) is 4.74 Å². The van der Waals surface area contributed by atoms with Gasteiger partial charge in [0.05, 0.1) is 6.61 Å². The fourth-order valence-corrected chi connectivity index (χ4v) is 3.99. The van der Waals surface area contributed by atoms with Crippen molar-refractivity contribution in [3.8, 4) is 0 Å². The van der Waals surface area contributed by atoms with Gasteiger partial charge < -0.3 is 14.7 Å². The molecule has 136 valence electrons. The van der Waals surface area contributed by atoms with Gasteiger partial charge in [0, 0.05) is 36.0 Å². The summed E-state index contributed by atoms with van der Waals surface area (Å²) in [7, 11) is 0. The summed E-state index contributed by atoms with van der Waals surface area (Å²) in [4.78, 5) is 28.6. The predicted molar refractivity (Wildman–Crippen MR) is 96.4 cm³/mol. The number of aliphatic carboxylic acids is 1. The van der Waals surface area contributed by atoms with Crippen molar-refractivity contribution in [2.75, 3.05) is 26.2 Å². The molecule has 0 aliphatic carbocycles. The molecule has 6 nitrogen and oxygen atoms in total. The highest BCUT2D eigenvalue weighted by molar-refractivity contribution is 9.10. The van der Waals surface area contributed by atoms with Gasteiger partial charge in [-0.25, -0.2) is 4.79 Å². The molecule has 1 atom stereocenters. The van der Waals surface area contributed by atoms with Crippen LogP contribution >= 0.6 is 15.9 Å². The monoisotopic (exact) mass is 410 g/mol. The number of halogens is 1. The highest BCUT2D eigenvalue weighted by atomic mass is 79.9. The van der Waals surface area contributed by atoms with E-state index < -0.39 is 17.7 Å². The first kappa shape index (κ1) is 18.4. The van der Waals surface area contributed by atoms with Crippen molar-refractivity contribution in [3.05, 3.63) is 34.3 Å². The van der Waals surface area contributed by atoms with Gasteiger partial charge >= 0.3 is 5.97 Å². The Morgan fingerprint density at radius 2 is 1.92 bits per heavy atom. The number of nitrogens with zero attached hydrogens (tertiary/aromatic N) is 2. The number of ether oxygens (including phenoxy) is 1. The Morgan fingerprint density at radius 1 is 1.28 bits per heavy atom. The summed E-state index contributed by atoms with van der Waals surface area (Å²) >= 11 is 3.36. The molecular formula is C18H23BrN2O4. The minimum absolute atomic E-state index is 0.0470. The van der Waals surface area contributed by atoms with Gasteiger partial charge in [-0.3, -0.25) is 9.69 Å². The number of carbonyl (C=O) groups excluding carboxylic acids is 1. The van der Waals surface area contributed by atoms with E-state index in [2.05, 4.69) is 27.8 Å². The van der Waals surface area contributed by atoms with Crippen molar-refractivity contribution in [2.45, 2.75) is 38.0 Å². The SMILES string of the molecule is CCCN1CCC2(CC1)OCC(C(=O)O)N2C(=O)c1ccc(Br)cc1. The Hall–Kier alpha value is -1.44. The quantitative estimate of drug-likeness (QED) is 0.825. The van der Waals surface area contributed by atoms with Gasteiger partial charge in [-0.2, -0.15) is 0 Å². The van der Waals surface area contributed by atoms with Crippen molar-refractivity contribution in [1.82, 2.24) is 9.80 Å². The molecule has 2 saturated heterocycles. The van der Waals surface area contributed by atoms with Gasteiger partial charge in [0.1, 0.15) is 5.72 Å². The maximum absolute atomic E-state index is 13.1. The van der Waals surface area contributed by atoms with Crippen LogP contribution in [0.15, 0.2) is 28.7 Å². The summed E-state index contributed by atoms with van der Waals surface area (Å²) < 4.78 is 6.82. The molecular weight excluding hydrogens is 388 g/mol. The molecule has 1 amide bonds. The van der Waals surface area contributed by atoms with E-state index >= 15 is 0 Å².